The van der Waals surface area contributed by atoms with Crippen LogP contribution in [0.2, 0.25) is 0 Å². The lowest BCUT2D eigenvalue weighted by molar-refractivity contribution is -0.117. The smallest absolute Gasteiger partial charge is 0.343 e. The average Bonchev–Trinajstić information content (AvgIpc) is 3.04. The van der Waals surface area contributed by atoms with Crippen molar-refractivity contribution in [1.29, 1.82) is 0 Å². The topological polar surface area (TPSA) is 75.7 Å². The Morgan fingerprint density at radius 1 is 0.828 bits per heavy atom. The SMILES string of the molecule is O=C1NN(c2ccccc2)C(=O)C1=Cc1ccccc1OC(=O)c1ccccc1. The van der Waals surface area contributed by atoms with Crippen molar-refractivity contribution in [3.8, 4) is 5.75 Å². The zero-order valence-corrected chi connectivity index (χ0v) is 15.2. The molecular formula is C23H16N2O4. The number of anilines is 1. The minimum Gasteiger partial charge on any atom is -0.422 e. The van der Waals surface area contributed by atoms with Crippen LogP contribution in [0.5, 0.6) is 5.75 Å². The summed E-state index contributed by atoms with van der Waals surface area (Å²) in [6.07, 6.45) is 1.42. The number of hydrogen-bond acceptors (Lipinski definition) is 4. The average molecular weight is 384 g/mol. The number of rotatable bonds is 4. The highest BCUT2D eigenvalue weighted by Crippen LogP contribution is 2.26. The van der Waals surface area contributed by atoms with Gasteiger partial charge in [-0.3, -0.25) is 15.0 Å². The molecule has 4 rings (SSSR count). The lowest BCUT2D eigenvalue weighted by Gasteiger charge is -2.13. The van der Waals surface area contributed by atoms with E-state index in [1.54, 1.807) is 78.9 Å². The Bertz CT molecular complexity index is 1110. The first-order valence-corrected chi connectivity index (χ1v) is 8.92. The van der Waals surface area contributed by atoms with Gasteiger partial charge in [0.15, 0.2) is 0 Å². The zero-order valence-electron chi connectivity index (χ0n) is 15.2. The molecule has 6 heteroatoms. The van der Waals surface area contributed by atoms with Crippen molar-refractivity contribution >= 4 is 29.5 Å². The molecule has 0 radical (unpaired) electrons. The van der Waals surface area contributed by atoms with E-state index in [1.165, 1.54) is 11.1 Å². The molecule has 3 aromatic carbocycles. The van der Waals surface area contributed by atoms with Crippen LogP contribution in [-0.4, -0.2) is 17.8 Å². The maximum Gasteiger partial charge on any atom is 0.343 e. The summed E-state index contributed by atoms with van der Waals surface area (Å²) in [5.74, 6) is -1.27. The summed E-state index contributed by atoms with van der Waals surface area (Å²) < 4.78 is 5.48. The lowest BCUT2D eigenvalue weighted by Crippen LogP contribution is -2.35. The van der Waals surface area contributed by atoms with Gasteiger partial charge < -0.3 is 4.74 Å². The number of carbonyl (C=O) groups is 3. The molecule has 0 saturated carbocycles. The third-order valence-electron chi connectivity index (χ3n) is 4.34. The van der Waals surface area contributed by atoms with Crippen LogP contribution in [0.3, 0.4) is 0 Å². The highest BCUT2D eigenvalue weighted by Gasteiger charge is 2.34. The maximum absolute atomic E-state index is 12.7. The molecule has 0 aromatic heterocycles. The number of benzene rings is 3. The van der Waals surface area contributed by atoms with E-state index in [-0.39, 0.29) is 11.3 Å². The summed E-state index contributed by atoms with van der Waals surface area (Å²) >= 11 is 0. The van der Waals surface area contributed by atoms with E-state index in [0.29, 0.717) is 16.8 Å². The molecule has 1 aliphatic rings. The van der Waals surface area contributed by atoms with Crippen LogP contribution in [0.25, 0.3) is 6.08 Å². The van der Waals surface area contributed by atoms with Crippen molar-refractivity contribution in [2.75, 3.05) is 5.01 Å². The fourth-order valence-corrected chi connectivity index (χ4v) is 2.90. The Morgan fingerprint density at radius 3 is 2.17 bits per heavy atom. The van der Waals surface area contributed by atoms with Crippen LogP contribution >= 0.6 is 0 Å². The number of ether oxygens (including phenoxy) is 1. The van der Waals surface area contributed by atoms with Gasteiger partial charge in [0.05, 0.1) is 11.3 Å². The van der Waals surface area contributed by atoms with E-state index in [2.05, 4.69) is 5.43 Å². The summed E-state index contributed by atoms with van der Waals surface area (Å²) in [5, 5.41) is 1.19. The molecule has 1 aliphatic heterocycles. The van der Waals surface area contributed by atoms with Crippen molar-refractivity contribution in [3.05, 3.63) is 102 Å². The Labute approximate surface area is 167 Å². The van der Waals surface area contributed by atoms with E-state index in [4.69, 9.17) is 4.74 Å². The second-order valence-electron chi connectivity index (χ2n) is 6.27. The maximum atomic E-state index is 12.7. The predicted octanol–water partition coefficient (Wildman–Crippen LogP) is 3.37. The van der Waals surface area contributed by atoms with Crippen LogP contribution in [0.1, 0.15) is 15.9 Å². The summed E-state index contributed by atoms with van der Waals surface area (Å²) in [6, 6.07) is 24.1. The van der Waals surface area contributed by atoms with Gasteiger partial charge in [-0.15, -0.1) is 0 Å². The van der Waals surface area contributed by atoms with E-state index < -0.39 is 17.8 Å². The molecule has 0 aliphatic carbocycles. The Hall–Kier alpha value is -4.19. The molecule has 1 saturated heterocycles. The third-order valence-corrected chi connectivity index (χ3v) is 4.34. The predicted molar refractivity (Wildman–Crippen MR) is 108 cm³/mol. The Kier molecular flexibility index (Phi) is 4.90. The second-order valence-corrected chi connectivity index (χ2v) is 6.27. The number of nitrogens with one attached hydrogen (secondary N) is 1. The molecule has 0 unspecified atom stereocenters. The standard InChI is InChI=1S/C23H16N2O4/c26-21-19(22(27)25(24-21)18-12-5-2-6-13-18)15-17-11-7-8-14-20(17)29-23(28)16-9-3-1-4-10-16/h1-15H,(H,24,26). The van der Waals surface area contributed by atoms with Crippen molar-refractivity contribution in [2.45, 2.75) is 0 Å². The molecule has 0 bridgehead atoms. The number of para-hydroxylation sites is 2. The van der Waals surface area contributed by atoms with Crippen molar-refractivity contribution < 1.29 is 19.1 Å². The van der Waals surface area contributed by atoms with Gasteiger partial charge in [-0.25, -0.2) is 9.80 Å². The summed E-state index contributed by atoms with van der Waals surface area (Å²) in [4.78, 5) is 37.5. The highest BCUT2D eigenvalue weighted by molar-refractivity contribution is 6.31. The molecule has 0 atom stereocenters. The van der Waals surface area contributed by atoms with Gasteiger partial charge in [0, 0.05) is 5.56 Å². The van der Waals surface area contributed by atoms with Gasteiger partial charge in [0.1, 0.15) is 11.3 Å². The van der Waals surface area contributed by atoms with Crippen LogP contribution in [0.4, 0.5) is 5.69 Å². The molecule has 29 heavy (non-hydrogen) atoms. The summed E-state index contributed by atoms with van der Waals surface area (Å²) in [5.41, 5.74) is 3.91. The quantitative estimate of drug-likeness (QED) is 0.324. The Morgan fingerprint density at radius 2 is 1.45 bits per heavy atom. The van der Waals surface area contributed by atoms with Crippen LogP contribution < -0.4 is 15.2 Å². The van der Waals surface area contributed by atoms with E-state index >= 15 is 0 Å². The number of nitrogens with zero attached hydrogens (tertiary/aromatic N) is 1. The van der Waals surface area contributed by atoms with Crippen molar-refractivity contribution in [1.82, 2.24) is 5.43 Å². The molecule has 1 heterocycles. The number of hydrogen-bond donors (Lipinski definition) is 1. The molecule has 1 fully saturated rings. The summed E-state index contributed by atoms with van der Waals surface area (Å²) in [6.45, 7) is 0. The first kappa shape index (κ1) is 18.2. The normalized spacial score (nSPS) is 14.8. The highest BCUT2D eigenvalue weighted by atomic mass is 16.5. The van der Waals surface area contributed by atoms with Gasteiger partial charge in [-0.05, 0) is 36.4 Å². The van der Waals surface area contributed by atoms with Gasteiger partial charge in [-0.2, -0.15) is 0 Å². The lowest BCUT2D eigenvalue weighted by atomic mass is 10.1. The fourth-order valence-electron chi connectivity index (χ4n) is 2.90. The van der Waals surface area contributed by atoms with E-state index in [0.717, 1.165) is 0 Å². The molecule has 0 spiro atoms. The molecule has 142 valence electrons. The fraction of sp³-hybridized carbons (Fsp3) is 0. The third kappa shape index (κ3) is 3.77. The number of carbonyl (C=O) groups excluding carboxylic acids is 3. The first-order chi connectivity index (χ1) is 14.1. The van der Waals surface area contributed by atoms with E-state index in [9.17, 15) is 14.4 Å². The minimum atomic E-state index is -0.525. The van der Waals surface area contributed by atoms with Crippen LogP contribution in [0, 0.1) is 0 Å². The van der Waals surface area contributed by atoms with Gasteiger partial charge in [0.2, 0.25) is 0 Å². The van der Waals surface area contributed by atoms with Crippen molar-refractivity contribution in [2.24, 2.45) is 0 Å². The number of esters is 1. The number of hydrazine groups is 1. The first-order valence-electron chi connectivity index (χ1n) is 8.92. The molecule has 6 nitrogen and oxygen atoms in total. The number of amides is 2. The van der Waals surface area contributed by atoms with E-state index in [1.807, 2.05) is 6.07 Å². The summed E-state index contributed by atoms with van der Waals surface area (Å²) in [7, 11) is 0. The van der Waals surface area contributed by atoms with Gasteiger partial charge in [-0.1, -0.05) is 54.6 Å². The molecular weight excluding hydrogens is 368 g/mol. The van der Waals surface area contributed by atoms with Crippen LogP contribution in [0.15, 0.2) is 90.5 Å². The van der Waals surface area contributed by atoms with Gasteiger partial charge in [0.25, 0.3) is 11.8 Å². The molecule has 1 N–H and O–H groups in total. The molecule has 3 aromatic rings. The largest absolute Gasteiger partial charge is 0.422 e. The van der Waals surface area contributed by atoms with Gasteiger partial charge >= 0.3 is 5.97 Å². The minimum absolute atomic E-state index is 0.0444. The zero-order chi connectivity index (χ0) is 20.2. The molecule has 2 amide bonds. The monoisotopic (exact) mass is 384 g/mol. The van der Waals surface area contributed by atoms with Crippen LogP contribution in [-0.2, 0) is 9.59 Å². The Balaban J connectivity index is 1.62. The second kappa shape index (κ2) is 7.82. The van der Waals surface area contributed by atoms with Crippen molar-refractivity contribution in [3.63, 3.8) is 0 Å².